The first kappa shape index (κ1) is 14.0. The highest BCUT2D eigenvalue weighted by Crippen LogP contribution is 2.12. The van der Waals surface area contributed by atoms with Gasteiger partial charge in [0.15, 0.2) is 0 Å². The Bertz CT molecular complexity index is 581. The molecule has 0 saturated carbocycles. The number of nitrogens with zero attached hydrogens (tertiary/aromatic N) is 1. The van der Waals surface area contributed by atoms with E-state index in [1.54, 1.807) is 12.3 Å². The van der Waals surface area contributed by atoms with Crippen LogP contribution < -0.4 is 16.6 Å². The van der Waals surface area contributed by atoms with Gasteiger partial charge in [0, 0.05) is 18.9 Å². The van der Waals surface area contributed by atoms with Gasteiger partial charge in [-0.3, -0.25) is 15.6 Å². The maximum atomic E-state index is 12.1. The highest BCUT2D eigenvalue weighted by atomic mass is 16.1. The summed E-state index contributed by atoms with van der Waals surface area (Å²) in [6.45, 7) is 2.59. The molecule has 0 bridgehead atoms. The van der Waals surface area contributed by atoms with Gasteiger partial charge in [0.2, 0.25) is 0 Å². The predicted molar refractivity (Wildman–Crippen MR) is 79.0 cm³/mol. The Kier molecular flexibility index (Phi) is 4.68. The first-order chi connectivity index (χ1) is 9.74. The minimum absolute atomic E-state index is 0.203. The second kappa shape index (κ2) is 6.68. The molecular weight excluding hydrogens is 252 g/mol. The lowest BCUT2D eigenvalue weighted by Crippen LogP contribution is -2.25. The zero-order valence-electron chi connectivity index (χ0n) is 11.4. The standard InChI is InChI=1S/C15H18N4O/c1-2-11-3-5-12(6-4-11)9-18-15(20)13-10-17-8-7-14(13)19-16/h3-8,10H,2,9,16H2,1H3,(H,17,19)(H,18,20). The Morgan fingerprint density at radius 1 is 1.20 bits per heavy atom. The van der Waals surface area contributed by atoms with Crippen LogP contribution in [-0.2, 0) is 13.0 Å². The highest BCUT2D eigenvalue weighted by molar-refractivity contribution is 5.99. The molecule has 5 heteroatoms. The van der Waals surface area contributed by atoms with E-state index in [1.165, 1.54) is 11.8 Å². The number of nitrogens with one attached hydrogen (secondary N) is 2. The lowest BCUT2D eigenvalue weighted by molar-refractivity contribution is 0.0951. The molecule has 2 rings (SSSR count). The van der Waals surface area contributed by atoms with Gasteiger partial charge >= 0.3 is 0 Å². The zero-order valence-corrected chi connectivity index (χ0v) is 11.4. The van der Waals surface area contributed by atoms with Crippen LogP contribution in [-0.4, -0.2) is 10.9 Å². The number of hydrogen-bond acceptors (Lipinski definition) is 4. The lowest BCUT2D eigenvalue weighted by Gasteiger charge is -2.09. The maximum Gasteiger partial charge on any atom is 0.255 e. The summed E-state index contributed by atoms with van der Waals surface area (Å²) in [6, 6.07) is 9.83. The first-order valence-electron chi connectivity index (χ1n) is 6.51. The van der Waals surface area contributed by atoms with Crippen LogP contribution in [0.2, 0.25) is 0 Å². The summed E-state index contributed by atoms with van der Waals surface area (Å²) in [5.74, 6) is 5.17. The molecule has 0 atom stereocenters. The van der Waals surface area contributed by atoms with Crippen LogP contribution in [0.4, 0.5) is 5.69 Å². The normalized spacial score (nSPS) is 10.1. The summed E-state index contributed by atoms with van der Waals surface area (Å²) in [6.07, 6.45) is 4.08. The van der Waals surface area contributed by atoms with Crippen molar-refractivity contribution in [3.8, 4) is 0 Å². The molecule has 1 amide bonds. The van der Waals surface area contributed by atoms with Crippen LogP contribution in [0.5, 0.6) is 0 Å². The predicted octanol–water partition coefficient (Wildman–Crippen LogP) is 1.86. The maximum absolute atomic E-state index is 12.1. The number of hydrazine groups is 1. The topological polar surface area (TPSA) is 80.0 Å². The van der Waals surface area contributed by atoms with Gasteiger partial charge in [0.1, 0.15) is 0 Å². The van der Waals surface area contributed by atoms with Crippen LogP contribution in [0.1, 0.15) is 28.4 Å². The number of amides is 1. The summed E-state index contributed by atoms with van der Waals surface area (Å²) in [7, 11) is 0. The molecule has 20 heavy (non-hydrogen) atoms. The van der Waals surface area contributed by atoms with Crippen molar-refractivity contribution in [2.24, 2.45) is 5.84 Å². The Labute approximate surface area is 118 Å². The molecule has 0 unspecified atom stereocenters. The van der Waals surface area contributed by atoms with Crippen molar-refractivity contribution in [3.63, 3.8) is 0 Å². The Morgan fingerprint density at radius 2 is 1.90 bits per heavy atom. The fourth-order valence-corrected chi connectivity index (χ4v) is 1.87. The molecule has 0 aliphatic rings. The van der Waals surface area contributed by atoms with E-state index in [1.807, 2.05) is 12.1 Å². The minimum Gasteiger partial charge on any atom is -0.348 e. The van der Waals surface area contributed by atoms with Crippen molar-refractivity contribution in [2.75, 3.05) is 5.43 Å². The number of carbonyl (C=O) groups excluding carboxylic acids is 1. The van der Waals surface area contributed by atoms with Gasteiger partial charge in [-0.25, -0.2) is 0 Å². The third kappa shape index (κ3) is 3.33. The summed E-state index contributed by atoms with van der Waals surface area (Å²) in [5, 5.41) is 2.85. The third-order valence-corrected chi connectivity index (χ3v) is 3.11. The lowest BCUT2D eigenvalue weighted by atomic mass is 10.1. The molecule has 5 nitrogen and oxygen atoms in total. The second-order valence-electron chi connectivity index (χ2n) is 4.42. The quantitative estimate of drug-likeness (QED) is 0.572. The van der Waals surface area contributed by atoms with E-state index in [0.29, 0.717) is 17.8 Å². The van der Waals surface area contributed by atoms with E-state index in [9.17, 15) is 4.79 Å². The van der Waals surface area contributed by atoms with Gasteiger partial charge in [-0.05, 0) is 23.6 Å². The van der Waals surface area contributed by atoms with Crippen molar-refractivity contribution in [1.82, 2.24) is 10.3 Å². The number of aromatic nitrogens is 1. The molecule has 0 radical (unpaired) electrons. The second-order valence-corrected chi connectivity index (χ2v) is 4.42. The van der Waals surface area contributed by atoms with E-state index < -0.39 is 0 Å². The van der Waals surface area contributed by atoms with Crippen molar-refractivity contribution < 1.29 is 4.79 Å². The van der Waals surface area contributed by atoms with E-state index in [0.717, 1.165) is 12.0 Å². The molecule has 0 aliphatic heterocycles. The molecule has 4 N–H and O–H groups in total. The Balaban J connectivity index is 2.01. The third-order valence-electron chi connectivity index (χ3n) is 3.11. The number of carbonyl (C=O) groups is 1. The molecule has 104 valence electrons. The monoisotopic (exact) mass is 270 g/mol. The van der Waals surface area contributed by atoms with Gasteiger partial charge in [0.25, 0.3) is 5.91 Å². The number of aryl methyl sites for hydroxylation is 1. The van der Waals surface area contributed by atoms with Gasteiger partial charge in [0.05, 0.1) is 11.3 Å². The molecule has 0 spiro atoms. The van der Waals surface area contributed by atoms with Gasteiger partial charge in [-0.1, -0.05) is 31.2 Å². The summed E-state index contributed by atoms with van der Waals surface area (Å²) < 4.78 is 0. The Morgan fingerprint density at radius 3 is 2.55 bits per heavy atom. The van der Waals surface area contributed by atoms with Gasteiger partial charge < -0.3 is 10.7 Å². The number of benzene rings is 1. The van der Waals surface area contributed by atoms with Crippen LogP contribution >= 0.6 is 0 Å². The number of hydrogen-bond donors (Lipinski definition) is 3. The smallest absolute Gasteiger partial charge is 0.255 e. The summed E-state index contributed by atoms with van der Waals surface area (Å²) in [4.78, 5) is 16.0. The van der Waals surface area contributed by atoms with Crippen molar-refractivity contribution in [2.45, 2.75) is 19.9 Å². The van der Waals surface area contributed by atoms with E-state index in [4.69, 9.17) is 5.84 Å². The summed E-state index contributed by atoms with van der Waals surface area (Å²) in [5.41, 5.74) is 5.81. The molecule has 0 saturated heterocycles. The van der Waals surface area contributed by atoms with E-state index >= 15 is 0 Å². The first-order valence-corrected chi connectivity index (χ1v) is 6.51. The van der Waals surface area contributed by atoms with Crippen molar-refractivity contribution in [1.29, 1.82) is 0 Å². The number of nitrogens with two attached hydrogens (primary N) is 1. The van der Waals surface area contributed by atoms with Crippen LogP contribution in [0.25, 0.3) is 0 Å². The molecule has 1 aromatic heterocycles. The van der Waals surface area contributed by atoms with Crippen molar-refractivity contribution in [3.05, 3.63) is 59.4 Å². The molecule has 1 aromatic carbocycles. The van der Waals surface area contributed by atoms with Crippen molar-refractivity contribution >= 4 is 11.6 Å². The zero-order chi connectivity index (χ0) is 14.4. The van der Waals surface area contributed by atoms with Gasteiger partial charge in [-0.15, -0.1) is 0 Å². The largest absolute Gasteiger partial charge is 0.348 e. The Hall–Kier alpha value is -2.40. The van der Waals surface area contributed by atoms with Gasteiger partial charge in [-0.2, -0.15) is 0 Å². The SMILES string of the molecule is CCc1ccc(CNC(=O)c2cnccc2NN)cc1. The van der Waals surface area contributed by atoms with E-state index in [2.05, 4.69) is 34.8 Å². The molecule has 1 heterocycles. The molecule has 2 aromatic rings. The van der Waals surface area contributed by atoms with Crippen LogP contribution in [0.15, 0.2) is 42.7 Å². The number of nitrogen functional groups attached to an aromatic ring is 1. The average molecular weight is 270 g/mol. The van der Waals surface area contributed by atoms with Crippen LogP contribution in [0, 0.1) is 0 Å². The minimum atomic E-state index is -0.203. The molecular formula is C15H18N4O. The molecule has 0 aliphatic carbocycles. The summed E-state index contributed by atoms with van der Waals surface area (Å²) >= 11 is 0. The molecule has 0 fully saturated rings. The van der Waals surface area contributed by atoms with Crippen LogP contribution in [0.3, 0.4) is 0 Å². The number of pyridine rings is 1. The van der Waals surface area contributed by atoms with E-state index in [-0.39, 0.29) is 5.91 Å². The highest BCUT2D eigenvalue weighted by Gasteiger charge is 2.10. The fraction of sp³-hybridized carbons (Fsp3) is 0.200. The number of rotatable bonds is 5. The average Bonchev–Trinajstić information content (AvgIpc) is 2.53. The fourth-order valence-electron chi connectivity index (χ4n) is 1.87. The number of anilines is 1.